The maximum absolute atomic E-state index is 13.0. The fourth-order valence-corrected chi connectivity index (χ4v) is 6.14. The summed E-state index contributed by atoms with van der Waals surface area (Å²) in [5, 5.41) is 17.3. The van der Waals surface area contributed by atoms with Crippen molar-refractivity contribution in [1.29, 1.82) is 0 Å². The van der Waals surface area contributed by atoms with E-state index >= 15 is 0 Å². The third-order valence-corrected chi connectivity index (χ3v) is 7.94. The largest absolute Gasteiger partial charge is 0.390 e. The van der Waals surface area contributed by atoms with Crippen LogP contribution in [-0.4, -0.2) is 34.6 Å². The molecule has 0 aromatic heterocycles. The van der Waals surface area contributed by atoms with Gasteiger partial charge in [-0.25, -0.2) is 0 Å². The van der Waals surface area contributed by atoms with Crippen molar-refractivity contribution in [2.75, 3.05) is 0 Å². The van der Waals surface area contributed by atoms with Gasteiger partial charge in [-0.15, -0.1) is 0 Å². The number of amides is 2. The van der Waals surface area contributed by atoms with E-state index in [0.717, 1.165) is 38.5 Å². The summed E-state index contributed by atoms with van der Waals surface area (Å²) < 4.78 is 0. The van der Waals surface area contributed by atoms with Crippen molar-refractivity contribution in [3.8, 4) is 0 Å². The van der Waals surface area contributed by atoms with Gasteiger partial charge in [0.1, 0.15) is 0 Å². The summed E-state index contributed by atoms with van der Waals surface area (Å²) in [4.78, 5) is 25.5. The molecule has 0 unspecified atom stereocenters. The predicted octanol–water partition coefficient (Wildman–Crippen LogP) is 3.81. The average Bonchev–Trinajstić information content (AvgIpc) is 3.47. The van der Waals surface area contributed by atoms with Gasteiger partial charge in [0, 0.05) is 24.1 Å². The highest BCUT2D eigenvalue weighted by Crippen LogP contribution is 2.63. The van der Waals surface area contributed by atoms with E-state index in [9.17, 15) is 14.7 Å². The molecule has 0 bridgehead atoms. The van der Waals surface area contributed by atoms with Gasteiger partial charge in [0.25, 0.3) is 5.91 Å². The van der Waals surface area contributed by atoms with E-state index in [1.807, 2.05) is 37.3 Å². The Morgan fingerprint density at radius 2 is 1.73 bits per heavy atom. The topological polar surface area (TPSA) is 78.4 Å². The molecule has 164 valence electrons. The monoisotopic (exact) mass is 412 g/mol. The number of hydrogen-bond acceptors (Lipinski definition) is 3. The smallest absolute Gasteiger partial charge is 0.251 e. The summed E-state index contributed by atoms with van der Waals surface area (Å²) in [5.41, 5.74) is -0.175. The normalized spacial score (nSPS) is 34.8. The summed E-state index contributed by atoms with van der Waals surface area (Å²) >= 11 is 0. The van der Waals surface area contributed by atoms with Crippen LogP contribution in [0.15, 0.2) is 30.3 Å². The van der Waals surface area contributed by atoms with Crippen LogP contribution in [0.5, 0.6) is 0 Å². The SMILES string of the molecule is CC1(C)C[C@H](NC(=O)c2ccccc2)[C@@]2(CCC(=O)NC3CC3)CC[C@](C)(O)C[C@@H]12. The maximum Gasteiger partial charge on any atom is 0.251 e. The van der Waals surface area contributed by atoms with E-state index in [4.69, 9.17) is 0 Å². The van der Waals surface area contributed by atoms with Crippen molar-refractivity contribution >= 4 is 11.8 Å². The van der Waals surface area contributed by atoms with E-state index in [2.05, 4.69) is 24.5 Å². The van der Waals surface area contributed by atoms with Crippen molar-refractivity contribution in [2.45, 2.75) is 89.8 Å². The Morgan fingerprint density at radius 3 is 2.40 bits per heavy atom. The molecule has 0 spiro atoms. The third-order valence-electron chi connectivity index (χ3n) is 7.94. The second kappa shape index (κ2) is 7.67. The van der Waals surface area contributed by atoms with Crippen molar-refractivity contribution in [3.05, 3.63) is 35.9 Å². The van der Waals surface area contributed by atoms with Crippen LogP contribution in [-0.2, 0) is 4.79 Å². The predicted molar refractivity (Wildman–Crippen MR) is 117 cm³/mol. The van der Waals surface area contributed by atoms with Crippen LogP contribution in [0.1, 0.15) is 82.5 Å². The lowest BCUT2D eigenvalue weighted by Crippen LogP contribution is -2.52. The first-order valence-electron chi connectivity index (χ1n) is 11.5. The first-order valence-corrected chi connectivity index (χ1v) is 11.5. The fraction of sp³-hybridized carbons (Fsp3) is 0.680. The van der Waals surface area contributed by atoms with E-state index in [1.165, 1.54) is 0 Å². The van der Waals surface area contributed by atoms with Gasteiger partial charge >= 0.3 is 0 Å². The zero-order valence-corrected chi connectivity index (χ0v) is 18.5. The summed E-state index contributed by atoms with van der Waals surface area (Å²) in [5.74, 6) is 0.348. The first-order chi connectivity index (χ1) is 14.1. The number of carbonyl (C=O) groups is 2. The van der Waals surface area contributed by atoms with Gasteiger partial charge in [-0.05, 0) is 80.8 Å². The molecule has 3 fully saturated rings. The number of nitrogens with one attached hydrogen (secondary N) is 2. The molecule has 0 aliphatic heterocycles. The quantitative estimate of drug-likeness (QED) is 0.665. The van der Waals surface area contributed by atoms with Crippen LogP contribution in [0.25, 0.3) is 0 Å². The van der Waals surface area contributed by atoms with Crippen molar-refractivity contribution in [3.63, 3.8) is 0 Å². The van der Waals surface area contributed by atoms with Crippen LogP contribution in [0.3, 0.4) is 0 Å². The minimum absolute atomic E-state index is 0.00792. The van der Waals surface area contributed by atoms with Gasteiger partial charge in [0.2, 0.25) is 5.91 Å². The zero-order valence-electron chi connectivity index (χ0n) is 18.5. The molecule has 3 N–H and O–H groups in total. The second-order valence-electron chi connectivity index (χ2n) is 10.9. The molecular formula is C25H36N2O3. The first kappa shape index (κ1) is 21.4. The van der Waals surface area contributed by atoms with Gasteiger partial charge in [-0.2, -0.15) is 0 Å². The molecule has 0 saturated heterocycles. The average molecular weight is 413 g/mol. The third kappa shape index (κ3) is 4.27. The van der Waals surface area contributed by atoms with Crippen molar-refractivity contribution in [2.24, 2.45) is 16.7 Å². The Kier molecular flexibility index (Phi) is 5.46. The molecular weight excluding hydrogens is 376 g/mol. The minimum atomic E-state index is -0.681. The van der Waals surface area contributed by atoms with E-state index in [0.29, 0.717) is 24.4 Å². The van der Waals surface area contributed by atoms with Gasteiger partial charge < -0.3 is 15.7 Å². The van der Waals surface area contributed by atoms with Crippen LogP contribution < -0.4 is 10.6 Å². The Bertz CT molecular complexity index is 800. The lowest BCUT2D eigenvalue weighted by molar-refractivity contribution is -0.123. The van der Waals surface area contributed by atoms with Gasteiger partial charge in [-0.3, -0.25) is 9.59 Å². The molecule has 3 aliphatic carbocycles. The Morgan fingerprint density at radius 1 is 1.03 bits per heavy atom. The van der Waals surface area contributed by atoms with Gasteiger partial charge in [0.05, 0.1) is 5.60 Å². The van der Waals surface area contributed by atoms with E-state index < -0.39 is 5.60 Å². The standard InChI is InChI=1S/C25H36N2O3/c1-23(2)16-20(27-22(29)17-7-5-4-6-8-17)25(12-11-21(28)26-18-9-10-18)14-13-24(3,30)15-19(23)25/h4-8,18-20,30H,9-16H2,1-3H3,(H,26,28)(H,27,29)/t19-,20-,24-,25-/m0/s1. The Labute approximate surface area is 180 Å². The number of hydrogen-bond donors (Lipinski definition) is 3. The fourth-order valence-electron chi connectivity index (χ4n) is 6.14. The highest BCUT2D eigenvalue weighted by atomic mass is 16.3. The molecule has 0 heterocycles. The minimum Gasteiger partial charge on any atom is -0.390 e. The number of carbonyl (C=O) groups excluding carboxylic acids is 2. The summed E-state index contributed by atoms with van der Waals surface area (Å²) in [6.45, 7) is 6.45. The summed E-state index contributed by atoms with van der Waals surface area (Å²) in [7, 11) is 0. The molecule has 3 saturated carbocycles. The maximum atomic E-state index is 13.0. The molecule has 1 aromatic carbocycles. The molecule has 3 aliphatic rings. The molecule has 0 radical (unpaired) electrons. The van der Waals surface area contributed by atoms with Crippen molar-refractivity contribution in [1.82, 2.24) is 10.6 Å². The van der Waals surface area contributed by atoms with Gasteiger partial charge in [0.15, 0.2) is 0 Å². The lowest BCUT2D eigenvalue weighted by Gasteiger charge is -2.50. The van der Waals surface area contributed by atoms with Crippen LogP contribution in [0.4, 0.5) is 0 Å². The summed E-state index contributed by atoms with van der Waals surface area (Å²) in [6.07, 6.45) is 6.57. The Hall–Kier alpha value is -1.88. The number of rotatable bonds is 6. The lowest BCUT2D eigenvalue weighted by atomic mass is 9.57. The Balaban J connectivity index is 1.58. The number of aliphatic hydroxyl groups is 1. The van der Waals surface area contributed by atoms with E-state index in [-0.39, 0.29) is 34.6 Å². The molecule has 2 amide bonds. The zero-order chi connectivity index (χ0) is 21.6. The highest BCUT2D eigenvalue weighted by Gasteiger charge is 2.61. The molecule has 30 heavy (non-hydrogen) atoms. The molecule has 1 aromatic rings. The summed E-state index contributed by atoms with van der Waals surface area (Å²) in [6, 6.07) is 9.73. The molecule has 4 atom stereocenters. The van der Waals surface area contributed by atoms with Crippen LogP contribution >= 0.6 is 0 Å². The molecule has 5 nitrogen and oxygen atoms in total. The number of fused-ring (bicyclic) bond motifs is 1. The molecule has 5 heteroatoms. The molecule has 4 rings (SSSR count). The van der Waals surface area contributed by atoms with E-state index in [1.54, 1.807) is 0 Å². The van der Waals surface area contributed by atoms with Crippen LogP contribution in [0.2, 0.25) is 0 Å². The second-order valence-corrected chi connectivity index (χ2v) is 10.9. The van der Waals surface area contributed by atoms with Gasteiger partial charge in [-0.1, -0.05) is 32.0 Å². The number of benzene rings is 1. The van der Waals surface area contributed by atoms with Crippen LogP contribution in [0, 0.1) is 16.7 Å². The van der Waals surface area contributed by atoms with Crippen molar-refractivity contribution < 1.29 is 14.7 Å². The highest BCUT2D eigenvalue weighted by molar-refractivity contribution is 5.94.